The molecule has 72 heavy (non-hydrogen) atoms. The minimum Gasteiger partial charge on any atom is -0.494 e. The van der Waals surface area contributed by atoms with Crippen LogP contribution in [0, 0.1) is 23.7 Å². The van der Waals surface area contributed by atoms with Crippen molar-refractivity contribution in [3.8, 4) is 5.75 Å². The fourth-order valence-corrected chi connectivity index (χ4v) is 12.1. The molecule has 0 saturated carbocycles. The van der Waals surface area contributed by atoms with Gasteiger partial charge in [0.25, 0.3) is 0 Å². The lowest BCUT2D eigenvalue weighted by atomic mass is 9.68. The van der Waals surface area contributed by atoms with Gasteiger partial charge >= 0.3 is 5.97 Å². The van der Waals surface area contributed by atoms with Gasteiger partial charge in [0, 0.05) is 70.2 Å². The highest BCUT2D eigenvalue weighted by atomic mass is 32.2. The summed E-state index contributed by atoms with van der Waals surface area (Å²) in [6.45, 7) is 19.6. The Kier molecular flexibility index (Phi) is 20.7. The molecular weight excluding hydrogens is 958 g/mol. The van der Waals surface area contributed by atoms with Crippen LogP contribution >= 0.6 is 0 Å². The number of aliphatic hydroxyl groups is 5. The van der Waals surface area contributed by atoms with Crippen molar-refractivity contribution < 1.29 is 71.6 Å². The monoisotopic (exact) mass is 1040 g/mol. The molecule has 1 unspecified atom stereocenters. The molecule has 412 valence electrons. The molecule has 5 rings (SSSR count). The van der Waals surface area contributed by atoms with Crippen LogP contribution in [0.25, 0.3) is 0 Å². The molecule has 18 atom stereocenters. The van der Waals surface area contributed by atoms with Crippen molar-refractivity contribution in [3.05, 3.63) is 36.2 Å². The number of aromatic nitrogens is 3. The lowest BCUT2D eigenvalue weighted by molar-refractivity contribution is -0.302. The lowest BCUT2D eigenvalue weighted by Gasteiger charge is -2.51. The number of carbonyl (C=O) groups excluding carboxylic acids is 1. The molecule has 5 N–H and O–H groups in total. The smallest absolute Gasteiger partial charge is 0.309 e. The van der Waals surface area contributed by atoms with Gasteiger partial charge in [-0.25, -0.2) is 12.8 Å². The SMILES string of the molecule is CC[C@H]1OC(=O)[C@H](C)[C@@H](C2C[C@@](C)(OC)[C@@H](O)[C@H](C)O2)[C@H](C)[C@@H](O[C@@H]2O[C@H](C)C[C@H](N(C)CCc3cn(CCCOc4ccc(S(=O)(=O)CF)cc4)nn3)[C@H]2O)[C@](C)(O)C[C@@H](C)CN(C)[C@H](C)[C@@H](O)[C@]1(C)O. The number of aliphatic hydroxyl groups excluding tert-OH is 3. The third-order valence-electron chi connectivity index (χ3n) is 15.9. The van der Waals surface area contributed by atoms with Crippen molar-refractivity contribution in [1.29, 1.82) is 0 Å². The van der Waals surface area contributed by atoms with Crippen LogP contribution in [0.15, 0.2) is 35.4 Å². The predicted molar refractivity (Wildman–Crippen MR) is 265 cm³/mol. The summed E-state index contributed by atoms with van der Waals surface area (Å²) in [5.74, 6) is -2.77. The molecule has 0 aliphatic carbocycles. The lowest BCUT2D eigenvalue weighted by Crippen LogP contribution is -2.62. The number of esters is 1. The number of halogens is 1. The third-order valence-corrected chi connectivity index (χ3v) is 17.2. The Balaban J connectivity index is 1.37. The van der Waals surface area contributed by atoms with Gasteiger partial charge in [-0.05, 0) is 111 Å². The second-order valence-corrected chi connectivity index (χ2v) is 23.8. The van der Waals surface area contributed by atoms with Crippen LogP contribution < -0.4 is 4.74 Å². The summed E-state index contributed by atoms with van der Waals surface area (Å²) in [4.78, 5) is 18.4. The number of alkyl halides is 1. The first kappa shape index (κ1) is 59.9. The molecule has 0 spiro atoms. The van der Waals surface area contributed by atoms with Crippen molar-refractivity contribution in [2.24, 2.45) is 23.7 Å². The summed E-state index contributed by atoms with van der Waals surface area (Å²) in [7, 11) is 1.32. The molecule has 3 fully saturated rings. The molecule has 3 saturated heterocycles. The number of cyclic esters (lactones) is 1. The summed E-state index contributed by atoms with van der Waals surface area (Å²) in [5.41, 5.74) is -3.77. The number of methoxy groups -OCH3 is 1. The van der Waals surface area contributed by atoms with Crippen molar-refractivity contribution >= 4 is 15.8 Å². The number of sulfone groups is 1. The topological polar surface area (TPSA) is 245 Å². The average molecular weight is 1040 g/mol. The van der Waals surface area contributed by atoms with Gasteiger partial charge in [-0.1, -0.05) is 32.9 Å². The number of carbonyl (C=O) groups is 1. The molecule has 19 nitrogen and oxygen atoms in total. The summed E-state index contributed by atoms with van der Waals surface area (Å²) in [5, 5.41) is 68.6. The molecule has 3 aliphatic heterocycles. The van der Waals surface area contributed by atoms with E-state index in [4.69, 9.17) is 28.4 Å². The highest BCUT2D eigenvalue weighted by Crippen LogP contribution is 2.45. The molecule has 4 heterocycles. The van der Waals surface area contributed by atoms with Gasteiger partial charge in [-0.2, -0.15) is 0 Å². The highest BCUT2D eigenvalue weighted by Gasteiger charge is 2.55. The first-order valence-electron chi connectivity index (χ1n) is 25.6. The van der Waals surface area contributed by atoms with E-state index >= 15 is 0 Å². The van der Waals surface area contributed by atoms with Gasteiger partial charge < -0.3 is 63.8 Å². The Bertz CT molecular complexity index is 2140. The molecule has 21 heteroatoms. The zero-order valence-corrected chi connectivity index (χ0v) is 45.6. The Morgan fingerprint density at radius 1 is 0.986 bits per heavy atom. The van der Waals surface area contributed by atoms with Gasteiger partial charge in [0.05, 0.1) is 58.7 Å². The van der Waals surface area contributed by atoms with E-state index < -0.39 is 117 Å². The maximum atomic E-state index is 14.6. The highest BCUT2D eigenvalue weighted by molar-refractivity contribution is 7.91. The fourth-order valence-electron chi connectivity index (χ4n) is 11.5. The summed E-state index contributed by atoms with van der Waals surface area (Å²) in [6, 6.07) is 3.13. The van der Waals surface area contributed by atoms with Crippen LogP contribution in [0.3, 0.4) is 0 Å². The number of likely N-dealkylation sites (N-methyl/N-ethyl adjacent to an activating group) is 2. The Morgan fingerprint density at radius 2 is 1.65 bits per heavy atom. The van der Waals surface area contributed by atoms with Gasteiger partial charge in [0.15, 0.2) is 12.3 Å². The standard InChI is InChI=1S/C51H86FN5O14S/c1-14-41-51(10,63)44(59)34(6)56(12)27-30(2)25-49(8,62)46(32(4)42(33(5)47(61)70-41)40-26-50(9,66-13)45(60)35(7)69-40)71-48-43(58)39(24-31(3)68-48)55(11)22-20-36-28-57(54-53-36)21-15-23-67-37-16-18-38(19-17-37)72(64,65)29-52/h16-19,28,30-35,39-46,48,58-60,62-63H,14-15,20-27,29H2,1-13H3/t30-,31-,32+,33-,34-,35+,39+,40?,41-,42+,43-,44-,45+,46-,48+,49-,50-,51-/m1/s1. The van der Waals surface area contributed by atoms with Crippen LogP contribution in [-0.2, 0) is 51.3 Å². The Labute approximate surface area is 426 Å². The van der Waals surface area contributed by atoms with Crippen LogP contribution in [0.4, 0.5) is 4.39 Å². The zero-order chi connectivity index (χ0) is 53.7. The average Bonchev–Trinajstić information content (AvgIpc) is 3.79. The van der Waals surface area contributed by atoms with Crippen molar-refractivity contribution in [2.45, 2.75) is 203 Å². The first-order valence-corrected chi connectivity index (χ1v) is 27.3. The van der Waals surface area contributed by atoms with E-state index in [2.05, 4.69) is 10.3 Å². The van der Waals surface area contributed by atoms with E-state index in [1.165, 1.54) is 38.3 Å². The number of hydrogen-bond acceptors (Lipinski definition) is 18. The van der Waals surface area contributed by atoms with E-state index in [1.807, 2.05) is 50.9 Å². The Hall–Kier alpha value is -2.93. The molecule has 0 radical (unpaired) electrons. The van der Waals surface area contributed by atoms with E-state index in [1.54, 1.807) is 46.2 Å². The minimum atomic E-state index is -3.95. The van der Waals surface area contributed by atoms with Crippen molar-refractivity contribution in [2.75, 3.05) is 46.9 Å². The van der Waals surface area contributed by atoms with E-state index in [9.17, 15) is 43.1 Å². The van der Waals surface area contributed by atoms with Gasteiger partial charge in [0.1, 0.15) is 35.8 Å². The largest absolute Gasteiger partial charge is 0.494 e. The maximum absolute atomic E-state index is 14.6. The van der Waals surface area contributed by atoms with E-state index in [-0.39, 0.29) is 36.2 Å². The van der Waals surface area contributed by atoms with E-state index in [0.29, 0.717) is 51.3 Å². The van der Waals surface area contributed by atoms with E-state index in [0.717, 1.165) is 5.69 Å². The number of hydrogen-bond donors (Lipinski definition) is 5. The van der Waals surface area contributed by atoms with Crippen molar-refractivity contribution in [1.82, 2.24) is 24.8 Å². The molecular formula is C51H86FN5O14S. The maximum Gasteiger partial charge on any atom is 0.309 e. The van der Waals surface area contributed by atoms with Gasteiger partial charge in [-0.15, -0.1) is 5.10 Å². The first-order chi connectivity index (χ1) is 33.6. The summed E-state index contributed by atoms with van der Waals surface area (Å²) >= 11 is 0. The minimum absolute atomic E-state index is 0.109. The summed E-state index contributed by atoms with van der Waals surface area (Å²) < 4.78 is 75.9. The molecule has 0 amide bonds. The van der Waals surface area contributed by atoms with Crippen LogP contribution in [0.1, 0.15) is 107 Å². The van der Waals surface area contributed by atoms with Gasteiger partial charge in [0.2, 0.25) is 9.84 Å². The molecule has 3 aliphatic rings. The zero-order valence-electron chi connectivity index (χ0n) is 44.8. The van der Waals surface area contributed by atoms with Crippen molar-refractivity contribution in [3.63, 3.8) is 0 Å². The quantitative estimate of drug-likeness (QED) is 0.119. The second kappa shape index (κ2) is 24.8. The normalized spacial score (nSPS) is 39.3. The number of aryl methyl sites for hydroxylation is 1. The fraction of sp³-hybridized carbons (Fsp3) is 0.824. The third kappa shape index (κ3) is 14.1. The van der Waals surface area contributed by atoms with Crippen LogP contribution in [0.2, 0.25) is 0 Å². The number of nitrogens with zero attached hydrogens (tertiary/aromatic N) is 5. The molecule has 1 aromatic heterocycles. The molecule has 0 bridgehead atoms. The van der Waals surface area contributed by atoms with Crippen LogP contribution in [-0.4, -0.2) is 196 Å². The molecule has 1 aromatic carbocycles. The number of rotatable bonds is 16. The summed E-state index contributed by atoms with van der Waals surface area (Å²) in [6.07, 6.45) is -4.65. The van der Waals surface area contributed by atoms with Crippen LogP contribution in [0.5, 0.6) is 5.75 Å². The van der Waals surface area contributed by atoms with Gasteiger partial charge in [-0.3, -0.25) is 9.48 Å². The molecule has 2 aromatic rings. The predicted octanol–water partition coefficient (Wildman–Crippen LogP) is 3.55. The second-order valence-electron chi connectivity index (χ2n) is 21.9. The number of ether oxygens (including phenoxy) is 6. The Morgan fingerprint density at radius 3 is 2.28 bits per heavy atom. The number of benzene rings is 1.